The summed E-state index contributed by atoms with van der Waals surface area (Å²) < 4.78 is 0. The first-order valence-corrected chi connectivity index (χ1v) is 5.87. The molecule has 0 fully saturated rings. The van der Waals surface area contributed by atoms with Crippen LogP contribution in [0.3, 0.4) is 0 Å². The SMILES string of the molecule is CCC(C)c1nnc(-c2ccccn2)s1. The maximum Gasteiger partial charge on any atom is 0.166 e. The number of pyridine rings is 1. The van der Waals surface area contributed by atoms with E-state index in [1.807, 2.05) is 18.2 Å². The van der Waals surface area contributed by atoms with Gasteiger partial charge in [-0.3, -0.25) is 4.98 Å². The molecular formula is C11H13N3S. The Morgan fingerprint density at radius 3 is 2.87 bits per heavy atom. The Labute approximate surface area is 93.2 Å². The van der Waals surface area contributed by atoms with E-state index < -0.39 is 0 Å². The summed E-state index contributed by atoms with van der Waals surface area (Å²) in [5.41, 5.74) is 0.907. The third-order valence-corrected chi connectivity index (χ3v) is 3.54. The van der Waals surface area contributed by atoms with Crippen molar-refractivity contribution in [1.82, 2.24) is 15.2 Å². The van der Waals surface area contributed by atoms with Gasteiger partial charge < -0.3 is 0 Å². The molecule has 0 aliphatic heterocycles. The lowest BCUT2D eigenvalue weighted by atomic mass is 10.1. The molecule has 0 aliphatic rings. The second-order valence-electron chi connectivity index (χ2n) is 3.47. The van der Waals surface area contributed by atoms with Crippen LogP contribution < -0.4 is 0 Å². The summed E-state index contributed by atoms with van der Waals surface area (Å²) in [5, 5.41) is 10.4. The highest BCUT2D eigenvalue weighted by Crippen LogP contribution is 2.27. The lowest BCUT2D eigenvalue weighted by Crippen LogP contribution is -1.88. The van der Waals surface area contributed by atoms with Crippen molar-refractivity contribution in [2.24, 2.45) is 0 Å². The average molecular weight is 219 g/mol. The van der Waals surface area contributed by atoms with E-state index >= 15 is 0 Å². The molecule has 0 amide bonds. The monoisotopic (exact) mass is 219 g/mol. The van der Waals surface area contributed by atoms with E-state index in [1.54, 1.807) is 17.5 Å². The standard InChI is InChI=1S/C11H13N3S/c1-3-8(2)10-13-14-11(15-10)9-6-4-5-7-12-9/h4-8H,3H2,1-2H3. The molecule has 0 N–H and O–H groups in total. The van der Waals surface area contributed by atoms with E-state index in [9.17, 15) is 0 Å². The lowest BCUT2D eigenvalue weighted by molar-refractivity contribution is 0.715. The second-order valence-corrected chi connectivity index (χ2v) is 4.48. The summed E-state index contributed by atoms with van der Waals surface area (Å²) in [5.74, 6) is 0.486. The van der Waals surface area contributed by atoms with E-state index in [2.05, 4.69) is 29.0 Å². The highest BCUT2D eigenvalue weighted by Gasteiger charge is 2.11. The molecule has 0 aliphatic carbocycles. The summed E-state index contributed by atoms with van der Waals surface area (Å²) in [6.45, 7) is 4.33. The van der Waals surface area contributed by atoms with E-state index in [-0.39, 0.29) is 0 Å². The maximum absolute atomic E-state index is 4.26. The van der Waals surface area contributed by atoms with Gasteiger partial charge in [0.25, 0.3) is 0 Å². The Balaban J connectivity index is 2.28. The molecule has 1 atom stereocenters. The van der Waals surface area contributed by atoms with Gasteiger partial charge in [0, 0.05) is 12.1 Å². The zero-order chi connectivity index (χ0) is 10.7. The predicted molar refractivity (Wildman–Crippen MR) is 61.8 cm³/mol. The number of hydrogen-bond acceptors (Lipinski definition) is 4. The van der Waals surface area contributed by atoms with Gasteiger partial charge >= 0.3 is 0 Å². The fourth-order valence-corrected chi connectivity index (χ4v) is 2.16. The molecule has 3 nitrogen and oxygen atoms in total. The van der Waals surface area contributed by atoms with Crippen molar-refractivity contribution >= 4 is 11.3 Å². The minimum atomic E-state index is 0.486. The second kappa shape index (κ2) is 4.49. The van der Waals surface area contributed by atoms with Crippen molar-refractivity contribution in [1.29, 1.82) is 0 Å². The topological polar surface area (TPSA) is 38.7 Å². The Morgan fingerprint density at radius 2 is 2.20 bits per heavy atom. The molecule has 4 heteroatoms. The normalized spacial score (nSPS) is 12.7. The van der Waals surface area contributed by atoms with Crippen molar-refractivity contribution in [2.45, 2.75) is 26.2 Å². The van der Waals surface area contributed by atoms with Crippen LogP contribution in [0.5, 0.6) is 0 Å². The fourth-order valence-electron chi connectivity index (χ4n) is 1.20. The van der Waals surface area contributed by atoms with Crippen molar-refractivity contribution in [3.8, 4) is 10.7 Å². The molecule has 2 aromatic heterocycles. The first-order valence-electron chi connectivity index (χ1n) is 5.06. The number of hydrogen-bond donors (Lipinski definition) is 0. The molecule has 2 aromatic rings. The molecule has 2 heterocycles. The van der Waals surface area contributed by atoms with Crippen LogP contribution in [0.2, 0.25) is 0 Å². The van der Waals surface area contributed by atoms with Crippen molar-refractivity contribution < 1.29 is 0 Å². The molecule has 0 saturated carbocycles. The third kappa shape index (κ3) is 2.21. The lowest BCUT2D eigenvalue weighted by Gasteiger charge is -1.99. The predicted octanol–water partition coefficient (Wildman–Crippen LogP) is 3.11. The highest BCUT2D eigenvalue weighted by atomic mass is 32.1. The van der Waals surface area contributed by atoms with Crippen molar-refractivity contribution in [2.75, 3.05) is 0 Å². The van der Waals surface area contributed by atoms with E-state index in [1.165, 1.54) is 0 Å². The van der Waals surface area contributed by atoms with Gasteiger partial charge in [-0.15, -0.1) is 10.2 Å². The Bertz CT molecular complexity index is 424. The zero-order valence-electron chi connectivity index (χ0n) is 8.84. The molecule has 0 radical (unpaired) electrons. The molecule has 1 unspecified atom stereocenters. The van der Waals surface area contributed by atoms with Crippen LogP contribution >= 0.6 is 11.3 Å². The summed E-state index contributed by atoms with van der Waals surface area (Å²) in [6.07, 6.45) is 2.87. The van der Waals surface area contributed by atoms with Crippen LogP contribution in [0.25, 0.3) is 10.7 Å². The largest absolute Gasteiger partial charge is 0.254 e. The van der Waals surface area contributed by atoms with E-state index in [0.29, 0.717) is 5.92 Å². The Morgan fingerprint density at radius 1 is 1.33 bits per heavy atom. The molecular weight excluding hydrogens is 206 g/mol. The van der Waals surface area contributed by atoms with E-state index in [4.69, 9.17) is 0 Å². The highest BCUT2D eigenvalue weighted by molar-refractivity contribution is 7.14. The quantitative estimate of drug-likeness (QED) is 0.796. The maximum atomic E-state index is 4.26. The summed E-state index contributed by atoms with van der Waals surface area (Å²) in [6, 6.07) is 5.83. The molecule has 0 aromatic carbocycles. The first kappa shape index (κ1) is 10.2. The average Bonchev–Trinajstić information content (AvgIpc) is 2.78. The summed E-state index contributed by atoms with van der Waals surface area (Å²) >= 11 is 1.63. The van der Waals surface area contributed by atoms with Crippen LogP contribution in [0, 0.1) is 0 Å². The smallest absolute Gasteiger partial charge is 0.166 e. The minimum Gasteiger partial charge on any atom is -0.254 e. The van der Waals surface area contributed by atoms with Crippen molar-refractivity contribution in [3.63, 3.8) is 0 Å². The molecule has 2 rings (SSSR count). The van der Waals surface area contributed by atoms with Gasteiger partial charge in [-0.2, -0.15) is 0 Å². The van der Waals surface area contributed by atoms with Gasteiger partial charge in [-0.05, 0) is 18.6 Å². The summed E-state index contributed by atoms with van der Waals surface area (Å²) in [4.78, 5) is 4.26. The van der Waals surface area contributed by atoms with Crippen LogP contribution in [-0.4, -0.2) is 15.2 Å². The fraction of sp³-hybridized carbons (Fsp3) is 0.364. The Kier molecular flexibility index (Phi) is 3.06. The third-order valence-electron chi connectivity index (χ3n) is 2.36. The van der Waals surface area contributed by atoms with Gasteiger partial charge in [0.2, 0.25) is 0 Å². The minimum absolute atomic E-state index is 0.486. The number of nitrogens with zero attached hydrogens (tertiary/aromatic N) is 3. The van der Waals surface area contributed by atoms with Crippen molar-refractivity contribution in [3.05, 3.63) is 29.4 Å². The molecule has 0 bridgehead atoms. The Hall–Kier alpha value is -1.29. The van der Waals surface area contributed by atoms with E-state index in [0.717, 1.165) is 22.1 Å². The van der Waals surface area contributed by atoms with Crippen LogP contribution in [-0.2, 0) is 0 Å². The summed E-state index contributed by atoms with van der Waals surface area (Å²) in [7, 11) is 0. The van der Waals surface area contributed by atoms with Gasteiger partial charge in [0.1, 0.15) is 10.7 Å². The van der Waals surface area contributed by atoms with Gasteiger partial charge in [0.15, 0.2) is 5.01 Å². The molecule has 15 heavy (non-hydrogen) atoms. The van der Waals surface area contributed by atoms with Gasteiger partial charge in [-0.25, -0.2) is 0 Å². The number of aromatic nitrogens is 3. The zero-order valence-corrected chi connectivity index (χ0v) is 9.66. The number of rotatable bonds is 3. The van der Waals surface area contributed by atoms with Crippen LogP contribution in [0.4, 0.5) is 0 Å². The first-order chi connectivity index (χ1) is 7.31. The molecule has 0 saturated heterocycles. The van der Waals surface area contributed by atoms with Gasteiger partial charge in [0.05, 0.1) is 0 Å². The molecule has 78 valence electrons. The van der Waals surface area contributed by atoms with Gasteiger partial charge in [-0.1, -0.05) is 31.3 Å². The molecule has 0 spiro atoms. The van der Waals surface area contributed by atoms with Crippen LogP contribution in [0.1, 0.15) is 31.2 Å². The van der Waals surface area contributed by atoms with Crippen LogP contribution in [0.15, 0.2) is 24.4 Å².